The first-order valence-electron chi connectivity index (χ1n) is 5.28. The van der Waals surface area contributed by atoms with Crippen molar-refractivity contribution in [3.8, 4) is 0 Å². The second-order valence-electron chi connectivity index (χ2n) is 3.79. The summed E-state index contributed by atoms with van der Waals surface area (Å²) in [5, 5.41) is 0. The van der Waals surface area contributed by atoms with Gasteiger partial charge in [0, 0.05) is 25.7 Å². The lowest BCUT2D eigenvalue weighted by Crippen LogP contribution is -2.44. The molecular weight excluding hydrogens is 164 g/mol. The number of rotatable bonds is 5. The minimum absolute atomic E-state index is 0.570. The van der Waals surface area contributed by atoms with Gasteiger partial charge in [0.05, 0.1) is 6.61 Å². The van der Waals surface area contributed by atoms with Gasteiger partial charge in [0.25, 0.3) is 0 Å². The highest BCUT2D eigenvalue weighted by molar-refractivity contribution is 4.84. The molecule has 1 rings (SSSR count). The quantitative estimate of drug-likeness (QED) is 0.691. The van der Waals surface area contributed by atoms with Crippen LogP contribution in [0.1, 0.15) is 26.2 Å². The van der Waals surface area contributed by atoms with E-state index in [4.69, 9.17) is 10.5 Å². The topological polar surface area (TPSA) is 38.5 Å². The molecule has 0 aliphatic carbocycles. The van der Waals surface area contributed by atoms with E-state index in [2.05, 4.69) is 11.8 Å². The van der Waals surface area contributed by atoms with Gasteiger partial charge in [0.2, 0.25) is 0 Å². The van der Waals surface area contributed by atoms with Gasteiger partial charge in [0.1, 0.15) is 0 Å². The van der Waals surface area contributed by atoms with Crippen LogP contribution in [0.5, 0.6) is 0 Å². The third-order valence-electron chi connectivity index (χ3n) is 2.99. The van der Waals surface area contributed by atoms with Gasteiger partial charge in [-0.3, -0.25) is 4.90 Å². The molecule has 0 spiro atoms. The molecule has 0 radical (unpaired) electrons. The first kappa shape index (κ1) is 11.0. The average Bonchev–Trinajstić information content (AvgIpc) is 2.61. The highest BCUT2D eigenvalue weighted by Gasteiger charge is 2.28. The Balaban J connectivity index is 2.46. The molecule has 1 heterocycles. The number of likely N-dealkylation sites (tertiary alicyclic amines) is 1. The molecule has 0 aromatic rings. The standard InChI is InChI=1S/C10H22N2O/c1-3-9(8-13-2)12-6-4-5-10(12)7-11/h9-10H,3-8,11H2,1-2H3. The summed E-state index contributed by atoms with van der Waals surface area (Å²) in [4.78, 5) is 2.52. The van der Waals surface area contributed by atoms with Crippen LogP contribution in [0, 0.1) is 0 Å². The number of hydrogen-bond donors (Lipinski definition) is 1. The van der Waals surface area contributed by atoms with Gasteiger partial charge >= 0.3 is 0 Å². The Kier molecular flexibility index (Phi) is 4.70. The molecule has 2 atom stereocenters. The summed E-state index contributed by atoms with van der Waals surface area (Å²) < 4.78 is 5.22. The average molecular weight is 186 g/mol. The number of nitrogens with zero attached hydrogens (tertiary/aromatic N) is 1. The predicted molar refractivity (Wildman–Crippen MR) is 54.7 cm³/mol. The third kappa shape index (κ3) is 2.66. The SMILES string of the molecule is CCC(COC)N1CCCC1CN. The monoisotopic (exact) mass is 186 g/mol. The molecule has 3 heteroatoms. The predicted octanol–water partition coefficient (Wildman–Crippen LogP) is 0.835. The van der Waals surface area contributed by atoms with E-state index < -0.39 is 0 Å². The maximum atomic E-state index is 5.73. The molecule has 0 bridgehead atoms. The van der Waals surface area contributed by atoms with Crippen LogP contribution in [-0.4, -0.2) is 43.8 Å². The smallest absolute Gasteiger partial charge is 0.0618 e. The Labute approximate surface area is 81.2 Å². The van der Waals surface area contributed by atoms with Crippen LogP contribution >= 0.6 is 0 Å². The fourth-order valence-electron chi connectivity index (χ4n) is 2.23. The largest absolute Gasteiger partial charge is 0.383 e. The molecule has 0 aromatic carbocycles. The van der Waals surface area contributed by atoms with E-state index in [-0.39, 0.29) is 0 Å². The van der Waals surface area contributed by atoms with Crippen LogP contribution < -0.4 is 5.73 Å². The Morgan fingerprint density at radius 1 is 1.62 bits per heavy atom. The molecule has 0 aromatic heterocycles. The van der Waals surface area contributed by atoms with Crippen molar-refractivity contribution in [3.63, 3.8) is 0 Å². The Hall–Kier alpha value is -0.120. The lowest BCUT2D eigenvalue weighted by atomic mass is 10.1. The van der Waals surface area contributed by atoms with Crippen molar-refractivity contribution in [1.29, 1.82) is 0 Å². The molecule has 1 fully saturated rings. The van der Waals surface area contributed by atoms with E-state index in [9.17, 15) is 0 Å². The fraction of sp³-hybridized carbons (Fsp3) is 1.00. The summed E-state index contributed by atoms with van der Waals surface area (Å²) in [6.45, 7) is 5.05. The first-order valence-corrected chi connectivity index (χ1v) is 5.28. The maximum absolute atomic E-state index is 5.73. The summed E-state index contributed by atoms with van der Waals surface area (Å²) in [5.41, 5.74) is 5.73. The van der Waals surface area contributed by atoms with Crippen LogP contribution in [0.3, 0.4) is 0 Å². The lowest BCUT2D eigenvalue weighted by Gasteiger charge is -2.31. The molecule has 13 heavy (non-hydrogen) atoms. The third-order valence-corrected chi connectivity index (χ3v) is 2.99. The van der Waals surface area contributed by atoms with Gasteiger partial charge in [-0.2, -0.15) is 0 Å². The zero-order valence-electron chi connectivity index (χ0n) is 8.83. The Bertz CT molecular complexity index is 141. The van der Waals surface area contributed by atoms with E-state index in [0.717, 1.165) is 19.6 Å². The van der Waals surface area contributed by atoms with Crippen LogP contribution in [0.4, 0.5) is 0 Å². The Morgan fingerprint density at radius 2 is 2.38 bits per heavy atom. The molecule has 0 amide bonds. The normalized spacial score (nSPS) is 26.5. The van der Waals surface area contributed by atoms with E-state index in [1.807, 2.05) is 0 Å². The van der Waals surface area contributed by atoms with Crippen molar-refractivity contribution >= 4 is 0 Å². The van der Waals surface area contributed by atoms with Crippen molar-refractivity contribution in [2.45, 2.75) is 38.3 Å². The summed E-state index contributed by atoms with van der Waals surface area (Å²) in [7, 11) is 1.77. The van der Waals surface area contributed by atoms with Crippen LogP contribution in [0.2, 0.25) is 0 Å². The molecular formula is C10H22N2O. The molecule has 3 nitrogen and oxygen atoms in total. The van der Waals surface area contributed by atoms with Crippen molar-refractivity contribution in [3.05, 3.63) is 0 Å². The summed E-state index contributed by atoms with van der Waals surface area (Å²) in [6, 6.07) is 1.17. The van der Waals surface area contributed by atoms with Crippen LogP contribution in [0.25, 0.3) is 0 Å². The molecule has 1 saturated heterocycles. The zero-order valence-corrected chi connectivity index (χ0v) is 8.83. The number of nitrogens with two attached hydrogens (primary N) is 1. The van der Waals surface area contributed by atoms with Crippen molar-refractivity contribution in [2.75, 3.05) is 26.8 Å². The minimum Gasteiger partial charge on any atom is -0.383 e. The van der Waals surface area contributed by atoms with E-state index >= 15 is 0 Å². The van der Waals surface area contributed by atoms with E-state index in [1.165, 1.54) is 19.4 Å². The number of ether oxygens (including phenoxy) is 1. The second-order valence-corrected chi connectivity index (χ2v) is 3.79. The van der Waals surface area contributed by atoms with Gasteiger partial charge in [-0.15, -0.1) is 0 Å². The fourth-order valence-corrected chi connectivity index (χ4v) is 2.23. The van der Waals surface area contributed by atoms with Gasteiger partial charge < -0.3 is 10.5 Å². The maximum Gasteiger partial charge on any atom is 0.0618 e. The van der Waals surface area contributed by atoms with E-state index in [1.54, 1.807) is 7.11 Å². The molecule has 2 N–H and O–H groups in total. The molecule has 1 aliphatic rings. The van der Waals surface area contributed by atoms with Crippen LogP contribution in [0.15, 0.2) is 0 Å². The summed E-state index contributed by atoms with van der Waals surface area (Å²) in [6.07, 6.45) is 3.71. The summed E-state index contributed by atoms with van der Waals surface area (Å²) >= 11 is 0. The van der Waals surface area contributed by atoms with Gasteiger partial charge in [-0.25, -0.2) is 0 Å². The Morgan fingerprint density at radius 3 is 2.92 bits per heavy atom. The molecule has 2 unspecified atom stereocenters. The minimum atomic E-state index is 0.570. The zero-order chi connectivity index (χ0) is 9.68. The van der Waals surface area contributed by atoms with Gasteiger partial charge in [-0.05, 0) is 25.8 Å². The van der Waals surface area contributed by atoms with Gasteiger partial charge in [-0.1, -0.05) is 6.92 Å². The highest BCUT2D eigenvalue weighted by atomic mass is 16.5. The van der Waals surface area contributed by atoms with Crippen LogP contribution in [-0.2, 0) is 4.74 Å². The number of methoxy groups -OCH3 is 1. The van der Waals surface area contributed by atoms with E-state index in [0.29, 0.717) is 12.1 Å². The second kappa shape index (κ2) is 5.58. The highest BCUT2D eigenvalue weighted by Crippen LogP contribution is 2.20. The molecule has 0 saturated carbocycles. The molecule has 78 valence electrons. The number of hydrogen-bond acceptors (Lipinski definition) is 3. The van der Waals surface area contributed by atoms with Crippen molar-refractivity contribution in [2.24, 2.45) is 5.73 Å². The first-order chi connectivity index (χ1) is 6.33. The molecule has 1 aliphatic heterocycles. The summed E-state index contributed by atoms with van der Waals surface area (Å²) in [5.74, 6) is 0. The van der Waals surface area contributed by atoms with Crippen molar-refractivity contribution < 1.29 is 4.74 Å². The lowest BCUT2D eigenvalue weighted by molar-refractivity contribution is 0.0813. The van der Waals surface area contributed by atoms with Crippen molar-refractivity contribution in [1.82, 2.24) is 4.90 Å². The van der Waals surface area contributed by atoms with Gasteiger partial charge in [0.15, 0.2) is 0 Å².